The normalized spacial score (nSPS) is 11.6. The van der Waals surface area contributed by atoms with Crippen molar-refractivity contribution in [3.8, 4) is 5.75 Å². The summed E-state index contributed by atoms with van der Waals surface area (Å²) in [6.07, 6.45) is 0. The molecule has 6 heteroatoms. The first-order valence-corrected chi connectivity index (χ1v) is 6.39. The number of carbonyl (C=O) groups excluding carboxylic acids is 1. The summed E-state index contributed by atoms with van der Waals surface area (Å²) in [5, 5.41) is 11.5. The Balaban J connectivity index is 2.65. The van der Waals surface area contributed by atoms with Crippen LogP contribution in [-0.2, 0) is 4.79 Å². The second-order valence-corrected chi connectivity index (χ2v) is 4.35. The van der Waals surface area contributed by atoms with Crippen molar-refractivity contribution in [2.45, 2.75) is 19.9 Å². The number of ether oxygens (including phenoxy) is 1. The highest BCUT2D eigenvalue weighted by Crippen LogP contribution is 2.17. The molecule has 2 N–H and O–H groups in total. The number of carbonyl (C=O) groups is 2. The third-order valence-electron chi connectivity index (χ3n) is 2.95. The number of nitrogens with zero attached hydrogens (tertiary/aromatic N) is 1. The van der Waals surface area contributed by atoms with E-state index in [0.29, 0.717) is 6.54 Å². The van der Waals surface area contributed by atoms with Gasteiger partial charge in [-0.05, 0) is 31.5 Å². The van der Waals surface area contributed by atoms with Crippen LogP contribution >= 0.6 is 0 Å². The molecule has 2 amide bonds. The lowest BCUT2D eigenvalue weighted by molar-refractivity contribution is -0.137. The van der Waals surface area contributed by atoms with Crippen LogP contribution < -0.4 is 10.1 Å². The Labute approximate surface area is 118 Å². The number of hydrogen-bond donors (Lipinski definition) is 2. The molecule has 6 nitrogen and oxygen atoms in total. The quantitative estimate of drug-likeness (QED) is 0.833. The van der Waals surface area contributed by atoms with Gasteiger partial charge in [0.05, 0.1) is 13.2 Å². The zero-order chi connectivity index (χ0) is 15.1. The van der Waals surface area contributed by atoms with E-state index in [1.165, 1.54) is 4.90 Å². The minimum Gasteiger partial charge on any atom is -0.497 e. The Kier molecular flexibility index (Phi) is 5.83. The van der Waals surface area contributed by atoms with E-state index < -0.39 is 12.0 Å². The summed E-state index contributed by atoms with van der Waals surface area (Å²) in [4.78, 5) is 23.8. The standard InChI is InChI=1S/C14H20N2O4/c1-4-16(9-13(17)18)14(19)15-10(2)11-5-7-12(20-3)8-6-11/h5-8,10H,4,9H2,1-3H3,(H,15,19)(H,17,18). The Bertz CT molecular complexity index is 459. The van der Waals surface area contributed by atoms with Crippen LogP contribution in [0.5, 0.6) is 5.75 Å². The number of likely N-dealkylation sites (N-methyl/N-ethyl adjacent to an activating group) is 1. The molecule has 1 rings (SSSR count). The van der Waals surface area contributed by atoms with Gasteiger partial charge in [-0.25, -0.2) is 4.79 Å². The number of methoxy groups -OCH3 is 1. The Hall–Kier alpha value is -2.24. The summed E-state index contributed by atoms with van der Waals surface area (Å²) >= 11 is 0. The number of rotatable bonds is 6. The molecule has 0 aliphatic carbocycles. The van der Waals surface area contributed by atoms with Crippen LogP contribution in [0, 0.1) is 0 Å². The molecule has 0 aromatic heterocycles. The summed E-state index contributed by atoms with van der Waals surface area (Å²) in [5.41, 5.74) is 0.922. The molecule has 110 valence electrons. The minimum absolute atomic E-state index is 0.212. The topological polar surface area (TPSA) is 78.9 Å². The number of carboxylic acids is 1. The van der Waals surface area contributed by atoms with Crippen molar-refractivity contribution in [2.24, 2.45) is 0 Å². The van der Waals surface area contributed by atoms with Crippen molar-refractivity contribution in [3.63, 3.8) is 0 Å². The maximum atomic E-state index is 11.9. The highest BCUT2D eigenvalue weighted by atomic mass is 16.5. The molecule has 1 aromatic carbocycles. The van der Waals surface area contributed by atoms with E-state index in [0.717, 1.165) is 11.3 Å². The van der Waals surface area contributed by atoms with Gasteiger partial charge >= 0.3 is 12.0 Å². The molecule has 0 aliphatic heterocycles. The van der Waals surface area contributed by atoms with Crippen molar-refractivity contribution in [1.29, 1.82) is 0 Å². The van der Waals surface area contributed by atoms with Crippen molar-refractivity contribution < 1.29 is 19.4 Å². The molecule has 0 radical (unpaired) electrons. The number of amides is 2. The Morgan fingerprint density at radius 1 is 1.35 bits per heavy atom. The minimum atomic E-state index is -1.03. The lowest BCUT2D eigenvalue weighted by Gasteiger charge is -2.22. The van der Waals surface area contributed by atoms with E-state index >= 15 is 0 Å². The lowest BCUT2D eigenvalue weighted by Crippen LogP contribution is -2.43. The molecule has 1 atom stereocenters. The fraction of sp³-hybridized carbons (Fsp3) is 0.429. The van der Waals surface area contributed by atoms with Gasteiger partial charge in [0, 0.05) is 6.54 Å². The highest BCUT2D eigenvalue weighted by Gasteiger charge is 2.17. The Morgan fingerprint density at radius 3 is 2.40 bits per heavy atom. The average molecular weight is 280 g/mol. The number of benzene rings is 1. The van der Waals surface area contributed by atoms with Gasteiger partial charge in [-0.3, -0.25) is 4.79 Å². The summed E-state index contributed by atoms with van der Waals surface area (Å²) < 4.78 is 5.07. The summed E-state index contributed by atoms with van der Waals surface area (Å²) in [6, 6.07) is 6.74. The predicted octanol–water partition coefficient (Wildman–Crippen LogP) is 1.87. The van der Waals surface area contributed by atoms with Gasteiger partial charge in [-0.2, -0.15) is 0 Å². The molecular formula is C14H20N2O4. The van der Waals surface area contributed by atoms with E-state index in [1.807, 2.05) is 31.2 Å². The molecule has 0 heterocycles. The van der Waals surface area contributed by atoms with Crippen LogP contribution in [0.2, 0.25) is 0 Å². The van der Waals surface area contributed by atoms with E-state index in [1.54, 1.807) is 14.0 Å². The van der Waals surface area contributed by atoms with Gasteiger partial charge in [-0.1, -0.05) is 12.1 Å². The second-order valence-electron chi connectivity index (χ2n) is 4.35. The van der Waals surface area contributed by atoms with Crippen LogP contribution in [0.4, 0.5) is 4.79 Å². The second kappa shape index (κ2) is 7.37. The van der Waals surface area contributed by atoms with Crippen LogP contribution in [-0.4, -0.2) is 42.2 Å². The van der Waals surface area contributed by atoms with Crippen LogP contribution in [0.15, 0.2) is 24.3 Å². The fourth-order valence-corrected chi connectivity index (χ4v) is 1.74. The summed E-state index contributed by atoms with van der Waals surface area (Å²) in [7, 11) is 1.59. The maximum Gasteiger partial charge on any atom is 0.323 e. The fourth-order valence-electron chi connectivity index (χ4n) is 1.74. The highest BCUT2D eigenvalue weighted by molar-refractivity contribution is 5.80. The van der Waals surface area contributed by atoms with Gasteiger partial charge in [0.15, 0.2) is 0 Å². The third kappa shape index (κ3) is 4.46. The molecule has 0 fully saturated rings. The van der Waals surface area contributed by atoms with Crippen LogP contribution in [0.3, 0.4) is 0 Å². The summed E-state index contributed by atoms with van der Waals surface area (Å²) in [6.45, 7) is 3.61. The van der Waals surface area contributed by atoms with Gasteiger partial charge in [0.1, 0.15) is 12.3 Å². The number of urea groups is 1. The number of nitrogens with one attached hydrogen (secondary N) is 1. The van der Waals surface area contributed by atoms with E-state index in [2.05, 4.69) is 5.32 Å². The van der Waals surface area contributed by atoms with Crippen LogP contribution in [0.25, 0.3) is 0 Å². The molecule has 0 saturated heterocycles. The van der Waals surface area contributed by atoms with Gasteiger partial charge in [0.2, 0.25) is 0 Å². The van der Waals surface area contributed by atoms with Gasteiger partial charge in [-0.15, -0.1) is 0 Å². The SMILES string of the molecule is CCN(CC(=O)O)C(=O)NC(C)c1ccc(OC)cc1. The van der Waals surface area contributed by atoms with Gasteiger partial charge < -0.3 is 20.1 Å². The average Bonchev–Trinajstić information content (AvgIpc) is 2.44. The van der Waals surface area contributed by atoms with Crippen LogP contribution in [0.1, 0.15) is 25.5 Å². The van der Waals surface area contributed by atoms with Crippen molar-refractivity contribution in [1.82, 2.24) is 10.2 Å². The van der Waals surface area contributed by atoms with Crippen molar-refractivity contribution >= 4 is 12.0 Å². The zero-order valence-corrected chi connectivity index (χ0v) is 11.9. The number of carboxylic acid groups (broad SMARTS) is 1. The molecule has 0 saturated carbocycles. The number of hydrogen-bond acceptors (Lipinski definition) is 3. The third-order valence-corrected chi connectivity index (χ3v) is 2.95. The first kappa shape index (κ1) is 15.8. The number of aliphatic carboxylic acids is 1. The predicted molar refractivity (Wildman–Crippen MR) is 74.8 cm³/mol. The summed E-state index contributed by atoms with van der Waals surface area (Å²) in [5.74, 6) is -0.285. The molecule has 1 aromatic rings. The molecule has 1 unspecified atom stereocenters. The largest absolute Gasteiger partial charge is 0.497 e. The Morgan fingerprint density at radius 2 is 1.95 bits per heavy atom. The molecular weight excluding hydrogens is 260 g/mol. The molecule has 0 bridgehead atoms. The smallest absolute Gasteiger partial charge is 0.323 e. The molecule has 0 aliphatic rings. The first-order chi connectivity index (χ1) is 9.47. The van der Waals surface area contributed by atoms with Crippen molar-refractivity contribution in [2.75, 3.05) is 20.2 Å². The van der Waals surface area contributed by atoms with Gasteiger partial charge in [0.25, 0.3) is 0 Å². The zero-order valence-electron chi connectivity index (χ0n) is 11.9. The maximum absolute atomic E-state index is 11.9. The monoisotopic (exact) mass is 280 g/mol. The van der Waals surface area contributed by atoms with Crippen molar-refractivity contribution in [3.05, 3.63) is 29.8 Å². The van der Waals surface area contributed by atoms with E-state index in [9.17, 15) is 9.59 Å². The van der Waals surface area contributed by atoms with E-state index in [4.69, 9.17) is 9.84 Å². The first-order valence-electron chi connectivity index (χ1n) is 6.39. The molecule has 0 spiro atoms. The lowest BCUT2D eigenvalue weighted by atomic mass is 10.1. The molecule has 20 heavy (non-hydrogen) atoms. The van der Waals surface area contributed by atoms with E-state index in [-0.39, 0.29) is 12.6 Å².